The topological polar surface area (TPSA) is 46.6 Å². The van der Waals surface area contributed by atoms with Crippen LogP contribution in [0.1, 0.15) is 11.1 Å². The number of nitrogens with zero attached hydrogens (tertiary/aromatic N) is 1. The van der Waals surface area contributed by atoms with Crippen molar-refractivity contribution < 1.29 is 14.3 Å². The summed E-state index contributed by atoms with van der Waals surface area (Å²) in [4.78, 5) is 26.3. The molecule has 1 aliphatic heterocycles. The first-order valence-electron chi connectivity index (χ1n) is 7.08. The number of hydrogen-bond donors (Lipinski definition) is 0. The highest BCUT2D eigenvalue weighted by Crippen LogP contribution is 2.36. The fourth-order valence-corrected chi connectivity index (χ4v) is 3.19. The molecule has 1 saturated heterocycles. The van der Waals surface area contributed by atoms with Crippen LogP contribution in [0.4, 0.5) is 10.5 Å². The first-order chi connectivity index (χ1) is 11.1. The molecule has 0 bridgehead atoms. The molecule has 2 aromatic rings. The highest BCUT2D eigenvalue weighted by molar-refractivity contribution is 8.19. The molecule has 116 valence electrons. The van der Waals surface area contributed by atoms with E-state index in [-0.39, 0.29) is 11.1 Å². The summed E-state index contributed by atoms with van der Waals surface area (Å²) in [5.74, 6) is 0.451. The Bertz CT molecular complexity index is 799. The Labute approximate surface area is 138 Å². The van der Waals surface area contributed by atoms with Crippen LogP contribution in [0.15, 0.2) is 53.4 Å². The number of rotatable bonds is 3. The highest BCUT2D eigenvalue weighted by atomic mass is 32.2. The van der Waals surface area contributed by atoms with E-state index in [4.69, 9.17) is 4.74 Å². The fourth-order valence-electron chi connectivity index (χ4n) is 2.35. The van der Waals surface area contributed by atoms with E-state index in [1.165, 1.54) is 4.90 Å². The second-order valence-corrected chi connectivity index (χ2v) is 6.07. The highest BCUT2D eigenvalue weighted by Gasteiger charge is 2.36. The Morgan fingerprint density at radius 1 is 1.09 bits per heavy atom. The van der Waals surface area contributed by atoms with Crippen molar-refractivity contribution in [3.05, 3.63) is 64.6 Å². The molecule has 0 aliphatic carbocycles. The van der Waals surface area contributed by atoms with Crippen LogP contribution in [0.3, 0.4) is 0 Å². The Morgan fingerprint density at radius 3 is 2.52 bits per heavy atom. The minimum atomic E-state index is -0.300. The predicted octanol–water partition coefficient (Wildman–Crippen LogP) is 4.24. The standard InChI is InChI=1S/C18H15NO3S/c1-12-8-9-13(10-15(12)22-2)11-16-17(20)19(18(21)23-16)14-6-4-3-5-7-14/h3-11H,1-2H3/b16-11+. The number of benzene rings is 2. The van der Waals surface area contributed by atoms with Crippen molar-refractivity contribution in [2.75, 3.05) is 12.0 Å². The van der Waals surface area contributed by atoms with Gasteiger partial charge in [-0.1, -0.05) is 30.3 Å². The lowest BCUT2D eigenvalue weighted by Crippen LogP contribution is -2.27. The van der Waals surface area contributed by atoms with Crippen LogP contribution < -0.4 is 9.64 Å². The smallest absolute Gasteiger partial charge is 0.298 e. The number of ether oxygens (including phenoxy) is 1. The Hall–Kier alpha value is -2.53. The van der Waals surface area contributed by atoms with Crippen LogP contribution in [0.5, 0.6) is 5.75 Å². The van der Waals surface area contributed by atoms with Crippen molar-refractivity contribution in [1.82, 2.24) is 0 Å². The number of amides is 2. The summed E-state index contributed by atoms with van der Waals surface area (Å²) in [7, 11) is 1.61. The molecule has 0 atom stereocenters. The Morgan fingerprint density at radius 2 is 1.83 bits per heavy atom. The largest absolute Gasteiger partial charge is 0.496 e. The first-order valence-corrected chi connectivity index (χ1v) is 7.89. The zero-order chi connectivity index (χ0) is 16.4. The number of thioether (sulfide) groups is 1. The quantitative estimate of drug-likeness (QED) is 0.792. The van der Waals surface area contributed by atoms with Gasteiger partial charge in [0.2, 0.25) is 0 Å². The molecule has 0 spiro atoms. The molecule has 3 rings (SSSR count). The Balaban J connectivity index is 1.93. The monoisotopic (exact) mass is 325 g/mol. The predicted molar refractivity (Wildman–Crippen MR) is 92.6 cm³/mol. The van der Waals surface area contributed by atoms with Crippen molar-refractivity contribution in [2.24, 2.45) is 0 Å². The molecule has 0 saturated carbocycles. The maximum Gasteiger partial charge on any atom is 0.298 e. The molecule has 1 aliphatic rings. The second-order valence-electron chi connectivity index (χ2n) is 5.08. The molecule has 2 amide bonds. The Kier molecular flexibility index (Phi) is 4.21. The molecule has 2 aromatic carbocycles. The van der Waals surface area contributed by atoms with Crippen molar-refractivity contribution in [1.29, 1.82) is 0 Å². The molecule has 0 aromatic heterocycles. The fraction of sp³-hybridized carbons (Fsp3) is 0.111. The lowest BCUT2D eigenvalue weighted by atomic mass is 10.1. The maximum atomic E-state index is 12.5. The van der Waals surface area contributed by atoms with Crippen LogP contribution >= 0.6 is 11.8 Å². The van der Waals surface area contributed by atoms with Gasteiger partial charge in [-0.3, -0.25) is 9.59 Å². The molecule has 0 unspecified atom stereocenters. The van der Waals surface area contributed by atoms with Crippen molar-refractivity contribution >= 4 is 34.7 Å². The van der Waals surface area contributed by atoms with Crippen LogP contribution in [-0.4, -0.2) is 18.3 Å². The number of aryl methyl sites for hydroxylation is 1. The average Bonchev–Trinajstić information content (AvgIpc) is 2.84. The molecule has 5 heteroatoms. The van der Waals surface area contributed by atoms with Gasteiger partial charge in [-0.05, 0) is 54.1 Å². The lowest BCUT2D eigenvalue weighted by molar-refractivity contribution is -0.113. The van der Waals surface area contributed by atoms with Crippen molar-refractivity contribution in [2.45, 2.75) is 6.92 Å². The minimum Gasteiger partial charge on any atom is -0.496 e. The second kappa shape index (κ2) is 6.30. The van der Waals surface area contributed by atoms with Gasteiger partial charge in [-0.25, -0.2) is 4.90 Å². The van der Waals surface area contributed by atoms with E-state index in [2.05, 4.69) is 0 Å². The third kappa shape index (κ3) is 3.00. The average molecular weight is 325 g/mol. The SMILES string of the molecule is COc1cc(/C=C2/SC(=O)N(c3ccccc3)C2=O)ccc1C. The van der Waals surface area contributed by atoms with E-state index in [1.807, 2.05) is 31.2 Å². The first kappa shape index (κ1) is 15.4. The zero-order valence-corrected chi connectivity index (χ0v) is 13.6. The third-order valence-corrected chi connectivity index (χ3v) is 4.41. The van der Waals surface area contributed by atoms with Gasteiger partial charge in [-0.15, -0.1) is 0 Å². The molecular weight excluding hydrogens is 310 g/mol. The summed E-state index contributed by atoms with van der Waals surface area (Å²) >= 11 is 0.947. The van der Waals surface area contributed by atoms with Gasteiger partial charge < -0.3 is 4.74 Å². The maximum absolute atomic E-state index is 12.5. The van der Waals surface area contributed by atoms with E-state index >= 15 is 0 Å². The number of carbonyl (C=O) groups is 2. The van der Waals surface area contributed by atoms with Gasteiger partial charge >= 0.3 is 0 Å². The molecule has 1 fully saturated rings. The van der Waals surface area contributed by atoms with Gasteiger partial charge in [-0.2, -0.15) is 0 Å². The normalized spacial score (nSPS) is 16.3. The van der Waals surface area contributed by atoms with Crippen LogP contribution in [-0.2, 0) is 4.79 Å². The van der Waals surface area contributed by atoms with Crippen molar-refractivity contribution in [3.8, 4) is 5.75 Å². The summed E-state index contributed by atoms with van der Waals surface area (Å²) in [6.07, 6.45) is 1.72. The summed E-state index contributed by atoms with van der Waals surface area (Å²) in [6.45, 7) is 1.95. The number of imide groups is 1. The molecule has 0 N–H and O–H groups in total. The minimum absolute atomic E-state index is 0.286. The molecular formula is C18H15NO3S. The summed E-state index contributed by atoms with van der Waals surface area (Å²) in [5.41, 5.74) is 2.42. The third-order valence-electron chi connectivity index (χ3n) is 3.54. The number of methoxy groups -OCH3 is 1. The van der Waals surface area contributed by atoms with Gasteiger partial charge in [0, 0.05) is 0 Å². The summed E-state index contributed by atoms with van der Waals surface area (Å²) < 4.78 is 5.29. The molecule has 4 nitrogen and oxygen atoms in total. The summed E-state index contributed by atoms with van der Waals surface area (Å²) in [5, 5.41) is -0.286. The molecule has 23 heavy (non-hydrogen) atoms. The molecule has 0 radical (unpaired) electrons. The van der Waals surface area contributed by atoms with Gasteiger partial charge in [0.15, 0.2) is 0 Å². The van der Waals surface area contributed by atoms with Gasteiger partial charge in [0.1, 0.15) is 5.75 Å². The van der Waals surface area contributed by atoms with Crippen LogP contribution in [0.25, 0.3) is 6.08 Å². The number of carbonyl (C=O) groups excluding carboxylic acids is 2. The van der Waals surface area contributed by atoms with E-state index in [1.54, 1.807) is 37.5 Å². The van der Waals surface area contributed by atoms with Crippen LogP contribution in [0, 0.1) is 6.92 Å². The van der Waals surface area contributed by atoms with E-state index in [0.29, 0.717) is 10.6 Å². The van der Waals surface area contributed by atoms with E-state index < -0.39 is 0 Å². The van der Waals surface area contributed by atoms with Crippen molar-refractivity contribution in [3.63, 3.8) is 0 Å². The number of para-hydroxylation sites is 1. The molecule has 1 heterocycles. The number of hydrogen-bond acceptors (Lipinski definition) is 4. The van der Waals surface area contributed by atoms with Gasteiger partial charge in [0.25, 0.3) is 11.1 Å². The van der Waals surface area contributed by atoms with Crippen LogP contribution in [0.2, 0.25) is 0 Å². The zero-order valence-electron chi connectivity index (χ0n) is 12.8. The van der Waals surface area contributed by atoms with E-state index in [9.17, 15) is 9.59 Å². The number of anilines is 1. The van der Waals surface area contributed by atoms with E-state index in [0.717, 1.165) is 28.6 Å². The van der Waals surface area contributed by atoms with Gasteiger partial charge in [0.05, 0.1) is 17.7 Å². The summed E-state index contributed by atoms with van der Waals surface area (Å²) in [6, 6.07) is 14.6. The lowest BCUT2D eigenvalue weighted by Gasteiger charge is -2.11.